The van der Waals surface area contributed by atoms with Crippen molar-refractivity contribution >= 4 is 0 Å². The molecule has 4 heteroatoms. The fraction of sp³-hybridized carbons (Fsp3) is 0.500. The molecule has 0 saturated heterocycles. The predicted octanol–water partition coefficient (Wildman–Crippen LogP) is 1.51. The lowest BCUT2D eigenvalue weighted by Crippen LogP contribution is -2.42. The maximum absolute atomic E-state index is 9.92. The summed E-state index contributed by atoms with van der Waals surface area (Å²) in [6.45, 7) is 1.82. The van der Waals surface area contributed by atoms with Gasteiger partial charge in [0.2, 0.25) is 0 Å². The highest BCUT2D eigenvalue weighted by Gasteiger charge is 2.52. The standard InChI is InChI=1S/C16H19NO3/c1-19-12-3-2-10-9-17-7-6-16-5-4-11(18)8-13(16)20-15(12)14(10)16/h2-5,11,13,17-18H,6-9H2,1H3/t11-,13+,16+/m0/s1. The van der Waals surface area contributed by atoms with E-state index in [1.807, 2.05) is 12.1 Å². The van der Waals surface area contributed by atoms with Crippen LogP contribution in [0.5, 0.6) is 11.5 Å². The van der Waals surface area contributed by atoms with Gasteiger partial charge >= 0.3 is 0 Å². The Hall–Kier alpha value is -1.52. The van der Waals surface area contributed by atoms with Crippen LogP contribution in [0.25, 0.3) is 0 Å². The van der Waals surface area contributed by atoms with Crippen LogP contribution < -0.4 is 14.8 Å². The van der Waals surface area contributed by atoms with Gasteiger partial charge in [-0.1, -0.05) is 18.2 Å². The smallest absolute Gasteiger partial charge is 0.166 e. The van der Waals surface area contributed by atoms with E-state index in [0.29, 0.717) is 6.42 Å². The minimum Gasteiger partial charge on any atom is -0.493 e. The first-order valence-corrected chi connectivity index (χ1v) is 7.20. The van der Waals surface area contributed by atoms with Gasteiger partial charge in [0.25, 0.3) is 0 Å². The Balaban J connectivity index is 1.96. The number of benzene rings is 1. The summed E-state index contributed by atoms with van der Waals surface area (Å²) in [5.74, 6) is 1.67. The van der Waals surface area contributed by atoms with Gasteiger partial charge in [0.15, 0.2) is 11.5 Å². The quantitative estimate of drug-likeness (QED) is 0.762. The molecule has 0 radical (unpaired) electrons. The lowest BCUT2D eigenvalue weighted by molar-refractivity contribution is 0.0851. The van der Waals surface area contributed by atoms with Crippen LogP contribution in [-0.2, 0) is 12.0 Å². The van der Waals surface area contributed by atoms with Gasteiger partial charge in [0.1, 0.15) is 6.10 Å². The molecular weight excluding hydrogens is 254 g/mol. The Morgan fingerprint density at radius 3 is 3.20 bits per heavy atom. The second-order valence-corrected chi connectivity index (χ2v) is 5.87. The molecule has 4 nitrogen and oxygen atoms in total. The van der Waals surface area contributed by atoms with Crippen molar-refractivity contribution in [3.8, 4) is 11.5 Å². The Kier molecular flexibility index (Phi) is 2.59. The molecule has 1 spiro atoms. The van der Waals surface area contributed by atoms with E-state index in [2.05, 4.69) is 17.5 Å². The van der Waals surface area contributed by atoms with Crippen molar-refractivity contribution in [1.29, 1.82) is 0 Å². The van der Waals surface area contributed by atoms with Crippen LogP contribution in [0.1, 0.15) is 24.0 Å². The fourth-order valence-electron chi connectivity index (χ4n) is 3.87. The van der Waals surface area contributed by atoms with Crippen molar-refractivity contribution in [2.24, 2.45) is 0 Å². The molecule has 2 aliphatic heterocycles. The van der Waals surface area contributed by atoms with Crippen LogP contribution in [0.3, 0.4) is 0 Å². The second-order valence-electron chi connectivity index (χ2n) is 5.87. The summed E-state index contributed by atoms with van der Waals surface area (Å²) >= 11 is 0. The molecule has 20 heavy (non-hydrogen) atoms. The monoisotopic (exact) mass is 273 g/mol. The zero-order chi connectivity index (χ0) is 13.7. The van der Waals surface area contributed by atoms with E-state index in [1.165, 1.54) is 11.1 Å². The van der Waals surface area contributed by atoms with E-state index in [-0.39, 0.29) is 11.5 Å². The average Bonchev–Trinajstić information content (AvgIpc) is 2.66. The van der Waals surface area contributed by atoms with E-state index < -0.39 is 6.10 Å². The van der Waals surface area contributed by atoms with Crippen molar-refractivity contribution in [2.45, 2.75) is 37.0 Å². The number of aliphatic hydroxyl groups is 1. The fourth-order valence-corrected chi connectivity index (χ4v) is 3.87. The number of ether oxygens (including phenoxy) is 2. The first-order chi connectivity index (χ1) is 9.74. The third-order valence-corrected chi connectivity index (χ3v) is 4.83. The van der Waals surface area contributed by atoms with Crippen LogP contribution in [0, 0.1) is 0 Å². The number of methoxy groups -OCH3 is 1. The third-order valence-electron chi connectivity index (χ3n) is 4.83. The normalized spacial score (nSPS) is 33.9. The van der Waals surface area contributed by atoms with Crippen molar-refractivity contribution in [1.82, 2.24) is 5.32 Å². The highest BCUT2D eigenvalue weighted by Crippen LogP contribution is 2.55. The van der Waals surface area contributed by atoms with Crippen molar-refractivity contribution in [2.75, 3.05) is 13.7 Å². The second kappa shape index (κ2) is 4.24. The molecule has 0 unspecified atom stereocenters. The number of nitrogens with one attached hydrogen (secondary N) is 1. The highest BCUT2D eigenvalue weighted by atomic mass is 16.5. The topological polar surface area (TPSA) is 50.7 Å². The summed E-state index contributed by atoms with van der Waals surface area (Å²) in [6.07, 6.45) is 5.32. The van der Waals surface area contributed by atoms with Gasteiger partial charge in [-0.2, -0.15) is 0 Å². The van der Waals surface area contributed by atoms with Crippen molar-refractivity contribution in [3.05, 3.63) is 35.4 Å². The first-order valence-electron chi connectivity index (χ1n) is 7.20. The number of aliphatic hydroxyl groups excluding tert-OH is 1. The Bertz CT molecular complexity index is 583. The van der Waals surface area contributed by atoms with Crippen LogP contribution >= 0.6 is 0 Å². The van der Waals surface area contributed by atoms with E-state index in [9.17, 15) is 5.11 Å². The SMILES string of the molecule is COc1ccc2c3c1O[C@@H]1C[C@@H](O)C=C[C@]31CCNC2. The molecule has 3 aliphatic rings. The van der Waals surface area contributed by atoms with Crippen LogP contribution in [0.15, 0.2) is 24.3 Å². The minimum atomic E-state index is -0.411. The molecule has 2 N–H and O–H groups in total. The van der Waals surface area contributed by atoms with E-state index in [0.717, 1.165) is 31.0 Å². The van der Waals surface area contributed by atoms with Gasteiger partial charge in [-0.15, -0.1) is 0 Å². The Morgan fingerprint density at radius 1 is 1.45 bits per heavy atom. The lowest BCUT2D eigenvalue weighted by Gasteiger charge is -2.35. The highest BCUT2D eigenvalue weighted by molar-refractivity contribution is 5.60. The Labute approximate surface area is 118 Å². The van der Waals surface area contributed by atoms with Gasteiger partial charge in [-0.3, -0.25) is 0 Å². The average molecular weight is 273 g/mol. The van der Waals surface area contributed by atoms with E-state index in [1.54, 1.807) is 7.11 Å². The van der Waals surface area contributed by atoms with Gasteiger partial charge in [-0.05, 0) is 24.6 Å². The molecule has 0 bridgehead atoms. The summed E-state index contributed by atoms with van der Waals surface area (Å²) in [5.41, 5.74) is 2.43. The summed E-state index contributed by atoms with van der Waals surface area (Å²) in [7, 11) is 1.68. The van der Waals surface area contributed by atoms with E-state index >= 15 is 0 Å². The van der Waals surface area contributed by atoms with Crippen molar-refractivity contribution < 1.29 is 14.6 Å². The summed E-state index contributed by atoms with van der Waals surface area (Å²) < 4.78 is 11.7. The zero-order valence-corrected chi connectivity index (χ0v) is 11.6. The largest absolute Gasteiger partial charge is 0.493 e. The zero-order valence-electron chi connectivity index (χ0n) is 11.6. The van der Waals surface area contributed by atoms with Gasteiger partial charge in [-0.25, -0.2) is 0 Å². The molecule has 0 amide bonds. The van der Waals surface area contributed by atoms with E-state index in [4.69, 9.17) is 9.47 Å². The molecule has 1 aliphatic carbocycles. The molecule has 0 aromatic heterocycles. The summed E-state index contributed by atoms with van der Waals surface area (Å²) in [6, 6.07) is 4.11. The summed E-state index contributed by atoms with van der Waals surface area (Å²) in [5, 5.41) is 13.4. The molecule has 1 aromatic rings. The number of rotatable bonds is 1. The molecule has 4 rings (SSSR count). The molecule has 0 fully saturated rings. The maximum Gasteiger partial charge on any atom is 0.166 e. The Morgan fingerprint density at radius 2 is 2.35 bits per heavy atom. The van der Waals surface area contributed by atoms with Crippen LogP contribution in [0.2, 0.25) is 0 Å². The van der Waals surface area contributed by atoms with Crippen LogP contribution in [0.4, 0.5) is 0 Å². The van der Waals surface area contributed by atoms with Gasteiger partial charge in [0.05, 0.1) is 18.6 Å². The minimum absolute atomic E-state index is 0.00690. The van der Waals surface area contributed by atoms with Crippen LogP contribution in [-0.4, -0.2) is 31.0 Å². The van der Waals surface area contributed by atoms with Gasteiger partial charge in [0, 0.05) is 18.5 Å². The lowest BCUT2D eigenvalue weighted by atomic mass is 9.69. The molecule has 1 aromatic carbocycles. The van der Waals surface area contributed by atoms with Crippen molar-refractivity contribution in [3.63, 3.8) is 0 Å². The maximum atomic E-state index is 9.92. The molecule has 3 atom stereocenters. The molecule has 106 valence electrons. The molecular formula is C16H19NO3. The first kappa shape index (κ1) is 12.2. The number of hydrogen-bond donors (Lipinski definition) is 2. The molecule has 2 heterocycles. The number of hydrogen-bond acceptors (Lipinski definition) is 4. The molecule has 0 saturated carbocycles. The van der Waals surface area contributed by atoms with Gasteiger partial charge < -0.3 is 19.9 Å². The summed E-state index contributed by atoms with van der Waals surface area (Å²) in [4.78, 5) is 0. The third kappa shape index (κ3) is 1.49. The predicted molar refractivity (Wildman–Crippen MR) is 75.2 cm³/mol.